The minimum atomic E-state index is -0.524. The van der Waals surface area contributed by atoms with E-state index in [9.17, 15) is 9.59 Å². The molecule has 0 N–H and O–H groups in total. The number of aryl methyl sites for hydroxylation is 1. The summed E-state index contributed by atoms with van der Waals surface area (Å²) in [6.07, 6.45) is 4.66. The Hall–Kier alpha value is -2.74. The summed E-state index contributed by atoms with van der Waals surface area (Å²) >= 11 is 0. The Morgan fingerprint density at radius 2 is 1.79 bits per heavy atom. The molecule has 2 saturated heterocycles. The molecule has 1 aromatic rings. The molecular weight excluding hydrogens is 416 g/mol. The number of amides is 3. The summed E-state index contributed by atoms with van der Waals surface area (Å²) in [5.74, 6) is 1.56. The van der Waals surface area contributed by atoms with E-state index >= 15 is 0 Å². The van der Waals surface area contributed by atoms with E-state index in [1.54, 1.807) is 11.9 Å². The van der Waals surface area contributed by atoms with Crippen molar-refractivity contribution in [3.63, 3.8) is 0 Å². The molecule has 0 saturated carbocycles. The number of likely N-dealkylation sites (tertiary alicyclic amines) is 1. The van der Waals surface area contributed by atoms with Crippen molar-refractivity contribution in [2.45, 2.75) is 45.6 Å². The lowest BCUT2D eigenvalue weighted by Gasteiger charge is -2.36. The Labute approximate surface area is 196 Å². The summed E-state index contributed by atoms with van der Waals surface area (Å²) < 4.78 is 2.11. The first-order valence-corrected chi connectivity index (χ1v) is 12.4. The van der Waals surface area contributed by atoms with Gasteiger partial charge in [0.25, 0.3) is 5.91 Å². The van der Waals surface area contributed by atoms with Crippen molar-refractivity contribution in [2.24, 2.45) is 10.9 Å². The molecule has 8 nitrogen and oxygen atoms in total. The van der Waals surface area contributed by atoms with Crippen LogP contribution >= 0.6 is 0 Å². The fourth-order valence-corrected chi connectivity index (χ4v) is 5.46. The van der Waals surface area contributed by atoms with Gasteiger partial charge in [-0.1, -0.05) is 37.4 Å². The number of imide groups is 1. The van der Waals surface area contributed by atoms with Crippen LogP contribution in [0.1, 0.15) is 38.7 Å². The number of rotatable bonds is 5. The number of hydrogen-bond acceptors (Lipinski definition) is 5. The zero-order valence-electron chi connectivity index (χ0n) is 20.0. The normalized spacial score (nSPS) is 26.0. The maximum absolute atomic E-state index is 13.6. The maximum Gasteiger partial charge on any atom is 0.397 e. The zero-order chi connectivity index (χ0) is 23.1. The van der Waals surface area contributed by atoms with E-state index in [-0.39, 0.29) is 11.9 Å². The Kier molecular flexibility index (Phi) is 5.95. The van der Waals surface area contributed by atoms with Gasteiger partial charge in [0.1, 0.15) is 5.69 Å². The van der Waals surface area contributed by atoms with E-state index in [4.69, 9.17) is 4.99 Å². The highest BCUT2D eigenvalue weighted by Gasteiger charge is 2.55. The second kappa shape index (κ2) is 8.89. The summed E-state index contributed by atoms with van der Waals surface area (Å²) in [6, 6.07) is 7.77. The lowest BCUT2D eigenvalue weighted by Crippen LogP contribution is -2.64. The van der Waals surface area contributed by atoms with Crippen molar-refractivity contribution in [2.75, 3.05) is 51.2 Å². The molecule has 0 aromatic heterocycles. The summed E-state index contributed by atoms with van der Waals surface area (Å²) in [4.78, 5) is 39.2. The van der Waals surface area contributed by atoms with Gasteiger partial charge in [-0.05, 0) is 50.0 Å². The van der Waals surface area contributed by atoms with Gasteiger partial charge in [-0.15, -0.1) is 0 Å². The smallest absolute Gasteiger partial charge is 0.302 e. The number of nitrogens with zero attached hydrogens (tertiary/aromatic N) is 6. The molecule has 1 aromatic carbocycles. The minimum absolute atomic E-state index is 0.140. The van der Waals surface area contributed by atoms with Crippen LogP contribution in [0.3, 0.4) is 0 Å². The number of guanidine groups is 1. The third-order valence-corrected chi connectivity index (χ3v) is 7.38. The summed E-state index contributed by atoms with van der Waals surface area (Å²) in [6.45, 7) is 9.23. The van der Waals surface area contributed by atoms with Gasteiger partial charge in [0, 0.05) is 26.1 Å². The average molecular weight is 452 g/mol. The predicted octanol–water partition coefficient (Wildman–Crippen LogP) is 2.23. The van der Waals surface area contributed by atoms with Gasteiger partial charge < -0.3 is 4.90 Å². The van der Waals surface area contributed by atoms with Gasteiger partial charge in [0.05, 0.1) is 13.1 Å². The summed E-state index contributed by atoms with van der Waals surface area (Å²) in [5.41, 5.74) is 2.37. The topological polar surface area (TPSA) is 62.5 Å². The van der Waals surface area contributed by atoms with Crippen molar-refractivity contribution < 1.29 is 14.2 Å². The van der Waals surface area contributed by atoms with Gasteiger partial charge in [-0.25, -0.2) is 14.3 Å². The van der Waals surface area contributed by atoms with Gasteiger partial charge in [-0.2, -0.15) is 0 Å². The molecule has 3 amide bonds. The van der Waals surface area contributed by atoms with Crippen LogP contribution in [0.5, 0.6) is 0 Å². The number of carbonyl (C=O) groups excluding carboxylic acids is 2. The van der Waals surface area contributed by atoms with Crippen LogP contribution in [0.4, 0.5) is 10.5 Å². The standard InChI is InChI=1S/C25H35N6O2/c1-4-19-8-10-20(11-9-19)30-16-18(2)17-31-21-22(26-24(30)31)27(3)25(33)29(23(21)32)15-14-28-12-6-5-7-13-28/h8-11,18,21H,4-7,12-17H2,1-3H3/q+1. The third kappa shape index (κ3) is 3.94. The summed E-state index contributed by atoms with van der Waals surface area (Å²) in [7, 11) is 1.75. The Morgan fingerprint density at radius 3 is 2.48 bits per heavy atom. The van der Waals surface area contributed by atoms with E-state index in [1.165, 1.54) is 29.7 Å². The number of urea groups is 1. The third-order valence-electron chi connectivity index (χ3n) is 7.38. The Balaban J connectivity index is 1.42. The number of likely N-dealkylation sites (N-methyl/N-ethyl adjacent to an activating group) is 1. The highest BCUT2D eigenvalue weighted by atomic mass is 16.2. The van der Waals surface area contributed by atoms with Crippen molar-refractivity contribution in [1.29, 1.82) is 0 Å². The zero-order valence-corrected chi connectivity index (χ0v) is 20.0. The number of piperidine rings is 1. The van der Waals surface area contributed by atoms with Crippen molar-refractivity contribution in [3.05, 3.63) is 29.8 Å². The van der Waals surface area contributed by atoms with Gasteiger partial charge in [0.2, 0.25) is 11.9 Å². The number of aliphatic imine (C=N–C) groups is 1. The fraction of sp³-hybridized carbons (Fsp3) is 0.600. The van der Waals surface area contributed by atoms with E-state index < -0.39 is 6.04 Å². The molecular formula is C25H35N6O2+. The molecule has 176 valence electrons. The number of fused-ring (bicyclic) bond motifs is 2. The Bertz CT molecular complexity index is 995. The molecule has 5 rings (SSSR count). The molecule has 2 unspecified atom stereocenters. The fourth-order valence-electron chi connectivity index (χ4n) is 5.46. The van der Waals surface area contributed by atoms with Crippen LogP contribution in [0.15, 0.2) is 29.3 Å². The van der Waals surface area contributed by atoms with Crippen molar-refractivity contribution >= 4 is 29.4 Å². The number of amidine groups is 1. The number of benzene rings is 1. The first-order valence-electron chi connectivity index (χ1n) is 12.4. The van der Waals surface area contributed by atoms with E-state index in [0.29, 0.717) is 18.3 Å². The quantitative estimate of drug-likeness (QED) is 0.644. The highest BCUT2D eigenvalue weighted by molar-refractivity contribution is 6.24. The van der Waals surface area contributed by atoms with Gasteiger partial charge in [-0.3, -0.25) is 14.6 Å². The number of anilines is 1. The SMILES string of the molecule is CCc1ccc(N2CC(C)C[N+]3=C2N=C2C3C(=O)N(CCN3CCCCC3)C(=O)N2C)cc1. The first kappa shape index (κ1) is 22.1. The minimum Gasteiger partial charge on any atom is -0.302 e. The van der Waals surface area contributed by atoms with E-state index in [1.807, 2.05) is 0 Å². The average Bonchev–Trinajstić information content (AvgIpc) is 3.22. The lowest BCUT2D eigenvalue weighted by molar-refractivity contribution is -0.545. The van der Waals surface area contributed by atoms with Crippen molar-refractivity contribution in [3.8, 4) is 0 Å². The highest BCUT2D eigenvalue weighted by Crippen LogP contribution is 2.28. The van der Waals surface area contributed by atoms with Crippen LogP contribution in [0.25, 0.3) is 0 Å². The lowest BCUT2D eigenvalue weighted by atomic mass is 10.1. The molecule has 0 spiro atoms. The molecule has 2 fully saturated rings. The van der Waals surface area contributed by atoms with Crippen LogP contribution in [-0.4, -0.2) is 95.4 Å². The molecule has 0 bridgehead atoms. The van der Waals surface area contributed by atoms with Crippen molar-refractivity contribution in [1.82, 2.24) is 14.7 Å². The second-order valence-electron chi connectivity index (χ2n) is 9.79. The molecule has 4 aliphatic rings. The molecule has 4 aliphatic heterocycles. The van der Waals surface area contributed by atoms with Crippen LogP contribution in [0, 0.1) is 5.92 Å². The molecule has 0 aliphatic carbocycles. The van der Waals surface area contributed by atoms with Crippen LogP contribution in [-0.2, 0) is 11.2 Å². The van der Waals surface area contributed by atoms with E-state index in [2.05, 4.69) is 52.5 Å². The molecule has 0 radical (unpaired) electrons. The molecule has 2 atom stereocenters. The monoisotopic (exact) mass is 451 g/mol. The second-order valence-corrected chi connectivity index (χ2v) is 9.79. The molecule has 8 heteroatoms. The van der Waals surface area contributed by atoms with Gasteiger partial charge in [0.15, 0.2) is 0 Å². The van der Waals surface area contributed by atoms with Crippen LogP contribution < -0.4 is 4.90 Å². The number of carbonyl (C=O) groups is 2. The predicted molar refractivity (Wildman–Crippen MR) is 129 cm³/mol. The summed E-state index contributed by atoms with van der Waals surface area (Å²) in [5, 5.41) is 0. The maximum atomic E-state index is 13.6. The van der Waals surface area contributed by atoms with E-state index in [0.717, 1.165) is 50.8 Å². The Morgan fingerprint density at radius 1 is 1.06 bits per heavy atom. The molecule has 33 heavy (non-hydrogen) atoms. The van der Waals surface area contributed by atoms with Gasteiger partial charge >= 0.3 is 12.0 Å². The van der Waals surface area contributed by atoms with Crippen LogP contribution in [0.2, 0.25) is 0 Å². The number of hydrogen-bond donors (Lipinski definition) is 0. The first-order chi connectivity index (χ1) is 16.0. The largest absolute Gasteiger partial charge is 0.397 e. The molecule has 4 heterocycles.